The van der Waals surface area contributed by atoms with Gasteiger partial charge in [0.05, 0.1) is 0 Å². The van der Waals surface area contributed by atoms with Crippen LogP contribution in [0.5, 0.6) is 0 Å². The minimum absolute atomic E-state index is 0. The number of ether oxygens (including phenoxy) is 1. The van der Waals surface area contributed by atoms with Crippen LogP contribution in [-0.2, 0) is 4.74 Å². The van der Waals surface area contributed by atoms with Gasteiger partial charge in [0, 0.05) is 33.9 Å². The minimum Gasteiger partial charge on any atom is -0.385 e. The van der Waals surface area contributed by atoms with Gasteiger partial charge < -0.3 is 15.4 Å². The predicted molar refractivity (Wildman–Crippen MR) is 109 cm³/mol. The largest absolute Gasteiger partial charge is 0.385 e. The van der Waals surface area contributed by atoms with Crippen LogP contribution in [0.15, 0.2) is 4.99 Å². The third-order valence-corrected chi connectivity index (χ3v) is 5.85. The normalized spacial score (nSPS) is 22.7. The van der Waals surface area contributed by atoms with E-state index in [1.54, 1.807) is 7.11 Å². The second-order valence-electron chi connectivity index (χ2n) is 7.75. The number of halogens is 1. The van der Waals surface area contributed by atoms with Crippen LogP contribution in [-0.4, -0.2) is 39.8 Å². The molecule has 23 heavy (non-hydrogen) atoms. The molecule has 4 nitrogen and oxygen atoms in total. The molecule has 0 unspecified atom stereocenters. The van der Waals surface area contributed by atoms with Gasteiger partial charge in [-0.05, 0) is 42.9 Å². The highest BCUT2D eigenvalue weighted by atomic mass is 127. The smallest absolute Gasteiger partial charge is 0.191 e. The van der Waals surface area contributed by atoms with Crippen LogP contribution >= 0.6 is 24.0 Å². The van der Waals surface area contributed by atoms with E-state index in [9.17, 15) is 0 Å². The predicted octanol–water partition coefficient (Wildman–Crippen LogP) is 3.95. The van der Waals surface area contributed by atoms with Crippen molar-refractivity contribution in [3.8, 4) is 0 Å². The molecule has 0 amide bonds. The third kappa shape index (κ3) is 6.40. The van der Waals surface area contributed by atoms with Gasteiger partial charge in [-0.1, -0.05) is 32.6 Å². The zero-order chi connectivity index (χ0) is 15.9. The third-order valence-electron chi connectivity index (χ3n) is 5.85. The van der Waals surface area contributed by atoms with E-state index in [4.69, 9.17) is 4.74 Å². The molecule has 2 saturated carbocycles. The van der Waals surface area contributed by atoms with Crippen LogP contribution in [0.25, 0.3) is 0 Å². The SMILES string of the molecule is CN=C(NCC1(C)CCCC1)NCC1(CCOC)CCCC1.I. The van der Waals surface area contributed by atoms with Crippen molar-refractivity contribution < 1.29 is 4.74 Å². The lowest BCUT2D eigenvalue weighted by atomic mass is 9.83. The van der Waals surface area contributed by atoms with Crippen LogP contribution < -0.4 is 10.6 Å². The molecule has 0 aromatic heterocycles. The number of nitrogens with one attached hydrogen (secondary N) is 2. The number of aliphatic imine (C=N–C) groups is 1. The number of nitrogens with zero attached hydrogens (tertiary/aromatic N) is 1. The molecule has 136 valence electrons. The summed E-state index contributed by atoms with van der Waals surface area (Å²) < 4.78 is 5.32. The van der Waals surface area contributed by atoms with Gasteiger partial charge in [-0.25, -0.2) is 0 Å². The Morgan fingerprint density at radius 1 is 1.00 bits per heavy atom. The van der Waals surface area contributed by atoms with E-state index in [1.165, 1.54) is 51.4 Å². The molecule has 0 heterocycles. The molecule has 0 bridgehead atoms. The van der Waals surface area contributed by atoms with Crippen molar-refractivity contribution in [3.63, 3.8) is 0 Å². The first kappa shape index (κ1) is 21.0. The summed E-state index contributed by atoms with van der Waals surface area (Å²) >= 11 is 0. The van der Waals surface area contributed by atoms with Crippen molar-refractivity contribution >= 4 is 29.9 Å². The number of hydrogen-bond acceptors (Lipinski definition) is 2. The molecule has 2 aliphatic carbocycles. The average Bonchev–Trinajstić information content (AvgIpc) is 3.16. The van der Waals surface area contributed by atoms with Crippen LogP contribution in [0.2, 0.25) is 0 Å². The molecule has 0 aromatic carbocycles. The Morgan fingerprint density at radius 2 is 1.57 bits per heavy atom. The van der Waals surface area contributed by atoms with Crippen molar-refractivity contribution in [3.05, 3.63) is 0 Å². The summed E-state index contributed by atoms with van der Waals surface area (Å²) in [7, 11) is 3.68. The second-order valence-corrected chi connectivity index (χ2v) is 7.75. The van der Waals surface area contributed by atoms with E-state index in [2.05, 4.69) is 22.5 Å². The molecule has 2 N–H and O–H groups in total. The van der Waals surface area contributed by atoms with Gasteiger partial charge in [0.1, 0.15) is 0 Å². The standard InChI is InChI=1S/C18H35N3O.HI/c1-17(8-4-5-9-17)14-20-16(19-2)21-15-18(12-13-22-3)10-6-7-11-18;/h4-15H2,1-3H3,(H2,19,20,21);1H. The summed E-state index contributed by atoms with van der Waals surface area (Å²) in [4.78, 5) is 4.42. The zero-order valence-corrected chi connectivity index (χ0v) is 17.6. The summed E-state index contributed by atoms with van der Waals surface area (Å²) in [6.45, 7) is 5.33. The van der Waals surface area contributed by atoms with Crippen molar-refractivity contribution in [2.75, 3.05) is 33.9 Å². The van der Waals surface area contributed by atoms with Gasteiger partial charge in [0.2, 0.25) is 0 Å². The Bertz CT molecular complexity index is 361. The second kappa shape index (κ2) is 10.1. The van der Waals surface area contributed by atoms with E-state index in [0.717, 1.165) is 32.1 Å². The first-order valence-electron chi connectivity index (χ1n) is 9.05. The van der Waals surface area contributed by atoms with E-state index >= 15 is 0 Å². The maximum absolute atomic E-state index is 5.32. The molecular formula is C18H36IN3O. The van der Waals surface area contributed by atoms with Gasteiger partial charge in [-0.3, -0.25) is 4.99 Å². The highest BCUT2D eigenvalue weighted by Crippen LogP contribution is 2.40. The lowest BCUT2D eigenvalue weighted by molar-refractivity contribution is 0.138. The van der Waals surface area contributed by atoms with E-state index < -0.39 is 0 Å². The fraction of sp³-hybridized carbons (Fsp3) is 0.944. The summed E-state index contributed by atoms with van der Waals surface area (Å²) in [6.07, 6.45) is 11.9. The lowest BCUT2D eigenvalue weighted by Crippen LogP contribution is -2.46. The zero-order valence-electron chi connectivity index (χ0n) is 15.2. The highest BCUT2D eigenvalue weighted by molar-refractivity contribution is 14.0. The topological polar surface area (TPSA) is 45.7 Å². The van der Waals surface area contributed by atoms with Gasteiger partial charge in [-0.15, -0.1) is 24.0 Å². The van der Waals surface area contributed by atoms with Gasteiger partial charge in [0.15, 0.2) is 5.96 Å². The van der Waals surface area contributed by atoms with Crippen LogP contribution in [0.1, 0.15) is 64.7 Å². The fourth-order valence-corrected chi connectivity index (χ4v) is 4.15. The summed E-state index contributed by atoms with van der Waals surface area (Å²) in [5.74, 6) is 0.969. The molecule has 0 atom stereocenters. The Kier molecular flexibility index (Phi) is 9.19. The maximum Gasteiger partial charge on any atom is 0.191 e. The first-order chi connectivity index (χ1) is 10.6. The molecule has 2 aliphatic rings. The number of guanidine groups is 1. The number of hydrogen-bond donors (Lipinski definition) is 2. The van der Waals surface area contributed by atoms with Crippen molar-refractivity contribution in [2.45, 2.75) is 64.7 Å². The molecule has 0 radical (unpaired) electrons. The lowest BCUT2D eigenvalue weighted by Gasteiger charge is -2.31. The highest BCUT2D eigenvalue weighted by Gasteiger charge is 2.34. The molecule has 0 aromatic rings. The average molecular weight is 437 g/mol. The molecular weight excluding hydrogens is 401 g/mol. The Labute approximate surface area is 159 Å². The fourth-order valence-electron chi connectivity index (χ4n) is 4.15. The van der Waals surface area contributed by atoms with Gasteiger partial charge >= 0.3 is 0 Å². The summed E-state index contributed by atoms with van der Waals surface area (Å²) in [5, 5.41) is 7.14. The first-order valence-corrected chi connectivity index (χ1v) is 9.05. The van der Waals surface area contributed by atoms with Gasteiger partial charge in [-0.2, -0.15) is 0 Å². The monoisotopic (exact) mass is 437 g/mol. The summed E-state index contributed by atoms with van der Waals surface area (Å²) in [6, 6.07) is 0. The molecule has 2 rings (SSSR count). The molecule has 5 heteroatoms. The molecule has 0 aliphatic heterocycles. The van der Waals surface area contributed by atoms with E-state index in [0.29, 0.717) is 10.8 Å². The van der Waals surface area contributed by atoms with Crippen molar-refractivity contribution in [1.82, 2.24) is 10.6 Å². The Balaban J connectivity index is 0.00000264. The van der Waals surface area contributed by atoms with Crippen molar-refractivity contribution in [1.29, 1.82) is 0 Å². The Hall–Kier alpha value is -0.0400. The quantitative estimate of drug-likeness (QED) is 0.360. The molecule has 0 spiro atoms. The molecule has 0 saturated heterocycles. The van der Waals surface area contributed by atoms with Crippen molar-refractivity contribution in [2.24, 2.45) is 15.8 Å². The molecule has 2 fully saturated rings. The summed E-state index contributed by atoms with van der Waals surface area (Å²) in [5.41, 5.74) is 0.865. The minimum atomic E-state index is 0. The van der Waals surface area contributed by atoms with E-state index in [1.807, 2.05) is 7.05 Å². The van der Waals surface area contributed by atoms with Crippen LogP contribution in [0.3, 0.4) is 0 Å². The van der Waals surface area contributed by atoms with Crippen LogP contribution in [0.4, 0.5) is 0 Å². The van der Waals surface area contributed by atoms with Gasteiger partial charge in [0.25, 0.3) is 0 Å². The maximum atomic E-state index is 5.32. The Morgan fingerprint density at radius 3 is 2.13 bits per heavy atom. The number of rotatable bonds is 7. The number of methoxy groups -OCH3 is 1. The van der Waals surface area contributed by atoms with Crippen LogP contribution in [0, 0.1) is 10.8 Å². The van der Waals surface area contributed by atoms with E-state index in [-0.39, 0.29) is 24.0 Å².